The quantitative estimate of drug-likeness (QED) is 0.654. The summed E-state index contributed by atoms with van der Waals surface area (Å²) in [4.78, 5) is 26.0. The summed E-state index contributed by atoms with van der Waals surface area (Å²) in [7, 11) is 0. The number of hydrogen-bond acceptors (Lipinski definition) is 4. The molecule has 2 aliphatic carbocycles. The summed E-state index contributed by atoms with van der Waals surface area (Å²) < 4.78 is 0. The van der Waals surface area contributed by atoms with E-state index in [0.717, 1.165) is 25.7 Å². The van der Waals surface area contributed by atoms with Crippen LogP contribution in [0.15, 0.2) is 24.3 Å². The zero-order chi connectivity index (χ0) is 20.1. The van der Waals surface area contributed by atoms with Gasteiger partial charge in [0.05, 0.1) is 12.5 Å². The second-order valence-electron chi connectivity index (χ2n) is 8.79. The molecule has 0 heterocycles. The van der Waals surface area contributed by atoms with E-state index >= 15 is 0 Å². The van der Waals surface area contributed by atoms with E-state index in [1.165, 1.54) is 12.8 Å². The summed E-state index contributed by atoms with van der Waals surface area (Å²) in [5.41, 5.74) is -0.549. The van der Waals surface area contributed by atoms with Gasteiger partial charge in [-0.15, -0.1) is 0 Å². The Labute approximate surface area is 167 Å². The summed E-state index contributed by atoms with van der Waals surface area (Å²) in [6.45, 7) is 2.80. The molecule has 28 heavy (non-hydrogen) atoms. The highest BCUT2D eigenvalue weighted by molar-refractivity contribution is 6.05. The molecule has 3 rings (SSSR count). The van der Waals surface area contributed by atoms with E-state index in [-0.39, 0.29) is 18.3 Å². The Kier molecular flexibility index (Phi) is 6.89. The Morgan fingerprint density at radius 3 is 2.54 bits per heavy atom. The molecule has 4 unspecified atom stereocenters. The van der Waals surface area contributed by atoms with Crippen molar-refractivity contribution in [1.29, 1.82) is 0 Å². The van der Waals surface area contributed by atoms with Crippen LogP contribution < -0.4 is 5.32 Å². The van der Waals surface area contributed by atoms with Crippen LogP contribution in [-0.2, 0) is 11.4 Å². The minimum Gasteiger partial charge on any atom is -0.392 e. The van der Waals surface area contributed by atoms with Crippen molar-refractivity contribution in [3.63, 3.8) is 0 Å². The van der Waals surface area contributed by atoms with Gasteiger partial charge in [-0.2, -0.15) is 0 Å². The van der Waals surface area contributed by atoms with Gasteiger partial charge in [0.15, 0.2) is 5.78 Å². The van der Waals surface area contributed by atoms with Crippen LogP contribution in [0.25, 0.3) is 0 Å². The largest absolute Gasteiger partial charge is 0.392 e. The Morgan fingerprint density at radius 2 is 1.86 bits per heavy atom. The van der Waals surface area contributed by atoms with Crippen LogP contribution in [0.1, 0.15) is 74.2 Å². The van der Waals surface area contributed by atoms with Crippen LogP contribution >= 0.6 is 0 Å². The highest BCUT2D eigenvalue weighted by atomic mass is 16.3. The molecular formula is C23H33NO4. The van der Waals surface area contributed by atoms with Crippen LogP contribution in [0.3, 0.4) is 0 Å². The standard InChI is InChI=1S/C23H33NO4/c1-16-5-4-6-18(13-16)14-24-22(27)20-7-2-3-12-23(20,28)21(26)19-10-8-17(15-25)9-11-19/h8-11,16,18,20,25,28H,2-7,12-15H2,1H3,(H,24,27). The summed E-state index contributed by atoms with van der Waals surface area (Å²) in [5, 5.41) is 23.5. The minimum absolute atomic E-state index is 0.0937. The SMILES string of the molecule is CC1CCCC(CNC(=O)C2CCCCC2(O)C(=O)c2ccc(CO)cc2)C1. The predicted molar refractivity (Wildman–Crippen MR) is 108 cm³/mol. The lowest BCUT2D eigenvalue weighted by Gasteiger charge is -2.38. The average molecular weight is 388 g/mol. The lowest BCUT2D eigenvalue weighted by atomic mass is 9.71. The molecule has 2 fully saturated rings. The molecule has 0 aromatic heterocycles. The number of nitrogens with one attached hydrogen (secondary N) is 1. The molecule has 154 valence electrons. The van der Waals surface area contributed by atoms with Crippen LogP contribution in [-0.4, -0.2) is 34.0 Å². The molecule has 1 aromatic rings. The first kappa shape index (κ1) is 21.0. The molecular weight excluding hydrogens is 354 g/mol. The van der Waals surface area contributed by atoms with Crippen molar-refractivity contribution < 1.29 is 19.8 Å². The molecule has 0 radical (unpaired) electrons. The molecule has 5 nitrogen and oxygen atoms in total. The molecule has 1 aromatic carbocycles. The number of ketones is 1. The zero-order valence-electron chi connectivity index (χ0n) is 16.8. The first-order valence-corrected chi connectivity index (χ1v) is 10.7. The van der Waals surface area contributed by atoms with Crippen molar-refractivity contribution in [2.75, 3.05) is 6.54 Å². The van der Waals surface area contributed by atoms with E-state index in [1.54, 1.807) is 24.3 Å². The summed E-state index contributed by atoms with van der Waals surface area (Å²) in [6.07, 6.45) is 7.16. The van der Waals surface area contributed by atoms with E-state index < -0.39 is 11.5 Å². The van der Waals surface area contributed by atoms with Crippen molar-refractivity contribution in [2.24, 2.45) is 17.8 Å². The normalized spacial score (nSPS) is 30.6. The van der Waals surface area contributed by atoms with Crippen molar-refractivity contribution in [1.82, 2.24) is 5.32 Å². The first-order chi connectivity index (χ1) is 13.4. The number of benzene rings is 1. The molecule has 2 aliphatic rings. The Balaban J connectivity index is 1.68. The van der Waals surface area contributed by atoms with Gasteiger partial charge < -0.3 is 15.5 Å². The summed E-state index contributed by atoms with van der Waals surface area (Å²) in [5.74, 6) is -0.0898. The molecule has 5 heteroatoms. The van der Waals surface area contributed by atoms with Crippen molar-refractivity contribution in [3.8, 4) is 0 Å². The van der Waals surface area contributed by atoms with Gasteiger partial charge in [-0.1, -0.05) is 56.9 Å². The number of aliphatic hydroxyl groups excluding tert-OH is 1. The third kappa shape index (κ3) is 4.64. The summed E-state index contributed by atoms with van der Waals surface area (Å²) >= 11 is 0. The number of carbonyl (C=O) groups is 2. The van der Waals surface area contributed by atoms with Gasteiger partial charge in [0.1, 0.15) is 5.60 Å². The van der Waals surface area contributed by atoms with Gasteiger partial charge in [0.25, 0.3) is 0 Å². The van der Waals surface area contributed by atoms with Gasteiger partial charge in [0, 0.05) is 12.1 Å². The molecule has 0 saturated heterocycles. The van der Waals surface area contributed by atoms with Crippen LogP contribution in [0.4, 0.5) is 0 Å². The second-order valence-corrected chi connectivity index (χ2v) is 8.79. The summed E-state index contributed by atoms with van der Waals surface area (Å²) in [6, 6.07) is 6.61. The number of hydrogen-bond donors (Lipinski definition) is 3. The molecule has 4 atom stereocenters. The van der Waals surface area contributed by atoms with Crippen molar-refractivity contribution in [2.45, 2.75) is 70.5 Å². The fourth-order valence-corrected chi connectivity index (χ4v) is 4.90. The lowest BCUT2D eigenvalue weighted by molar-refractivity contribution is -0.134. The van der Waals surface area contributed by atoms with E-state index in [0.29, 0.717) is 42.3 Å². The van der Waals surface area contributed by atoms with Gasteiger partial charge in [0.2, 0.25) is 5.91 Å². The predicted octanol–water partition coefficient (Wildman–Crippen LogP) is 3.23. The van der Waals surface area contributed by atoms with Gasteiger partial charge in [-0.05, 0) is 43.1 Å². The number of Topliss-reactive ketones (excluding diaryl/α,β-unsaturated/α-hetero) is 1. The van der Waals surface area contributed by atoms with E-state index in [2.05, 4.69) is 12.2 Å². The van der Waals surface area contributed by atoms with Gasteiger partial charge in [-0.3, -0.25) is 9.59 Å². The Hall–Kier alpha value is -1.72. The second kappa shape index (κ2) is 9.19. The van der Waals surface area contributed by atoms with Crippen LogP contribution in [0, 0.1) is 17.8 Å². The maximum atomic E-state index is 13.1. The maximum absolute atomic E-state index is 13.1. The molecule has 2 saturated carbocycles. The van der Waals surface area contributed by atoms with Crippen molar-refractivity contribution in [3.05, 3.63) is 35.4 Å². The minimum atomic E-state index is -1.65. The highest BCUT2D eigenvalue weighted by Gasteiger charge is 2.49. The highest BCUT2D eigenvalue weighted by Crippen LogP contribution is 2.37. The number of carbonyl (C=O) groups excluding carboxylic acids is 2. The van der Waals surface area contributed by atoms with Gasteiger partial charge >= 0.3 is 0 Å². The van der Waals surface area contributed by atoms with E-state index in [9.17, 15) is 19.8 Å². The fourth-order valence-electron chi connectivity index (χ4n) is 4.90. The Morgan fingerprint density at radius 1 is 1.11 bits per heavy atom. The topological polar surface area (TPSA) is 86.6 Å². The van der Waals surface area contributed by atoms with Crippen LogP contribution in [0.5, 0.6) is 0 Å². The number of amides is 1. The monoisotopic (exact) mass is 387 g/mol. The molecule has 0 bridgehead atoms. The third-order valence-electron chi connectivity index (χ3n) is 6.60. The fraction of sp³-hybridized carbons (Fsp3) is 0.652. The lowest BCUT2D eigenvalue weighted by Crippen LogP contribution is -2.54. The smallest absolute Gasteiger partial charge is 0.226 e. The van der Waals surface area contributed by atoms with Crippen LogP contribution in [0.2, 0.25) is 0 Å². The number of rotatable bonds is 6. The maximum Gasteiger partial charge on any atom is 0.226 e. The average Bonchev–Trinajstić information content (AvgIpc) is 2.72. The number of aliphatic hydroxyl groups is 2. The zero-order valence-corrected chi connectivity index (χ0v) is 16.8. The first-order valence-electron chi connectivity index (χ1n) is 10.7. The Bertz CT molecular complexity index is 686. The third-order valence-corrected chi connectivity index (χ3v) is 6.60. The van der Waals surface area contributed by atoms with Gasteiger partial charge in [-0.25, -0.2) is 0 Å². The molecule has 0 aliphatic heterocycles. The molecule has 0 spiro atoms. The molecule has 1 amide bonds. The van der Waals surface area contributed by atoms with E-state index in [1.807, 2.05) is 0 Å². The van der Waals surface area contributed by atoms with Crippen molar-refractivity contribution >= 4 is 11.7 Å². The molecule has 3 N–H and O–H groups in total. The van der Waals surface area contributed by atoms with E-state index in [4.69, 9.17) is 0 Å².